The van der Waals surface area contributed by atoms with Gasteiger partial charge in [0, 0.05) is 6.04 Å². The molecule has 3 fully saturated rings. The number of hydrogen-bond acceptors (Lipinski definition) is 4. The van der Waals surface area contributed by atoms with E-state index in [-0.39, 0.29) is 18.1 Å². The maximum absolute atomic E-state index is 13.5. The zero-order valence-corrected chi connectivity index (χ0v) is 15.1. The second-order valence-corrected chi connectivity index (χ2v) is 8.18. The van der Waals surface area contributed by atoms with Crippen LogP contribution in [0, 0.1) is 11.8 Å². The fourth-order valence-electron chi connectivity index (χ4n) is 4.36. The molecule has 0 aromatic heterocycles. The van der Waals surface area contributed by atoms with E-state index in [1.165, 1.54) is 0 Å². The largest absolute Gasteiger partial charge is 0.339 e. The smallest absolute Gasteiger partial charge is 0.239 e. The zero-order chi connectivity index (χ0) is 17.8. The van der Waals surface area contributed by atoms with Crippen LogP contribution in [0.1, 0.15) is 58.3 Å². The van der Waals surface area contributed by atoms with Crippen molar-refractivity contribution in [2.24, 2.45) is 11.8 Å². The molecule has 0 aromatic carbocycles. The third-order valence-electron chi connectivity index (χ3n) is 6.01. The number of hydrogen-bond donors (Lipinski definition) is 4. The van der Waals surface area contributed by atoms with E-state index in [4.69, 9.17) is 0 Å². The van der Waals surface area contributed by atoms with Crippen LogP contribution >= 0.6 is 0 Å². The zero-order valence-electron chi connectivity index (χ0n) is 15.1. The Morgan fingerprint density at radius 3 is 2.44 bits per heavy atom. The highest BCUT2D eigenvalue weighted by Gasteiger charge is 2.33. The summed E-state index contributed by atoms with van der Waals surface area (Å²) in [6.45, 7) is 2.93. The lowest BCUT2D eigenvalue weighted by Crippen LogP contribution is -2.60. The number of carbonyl (C=O) groups excluding carboxylic acids is 1. The Bertz CT molecular complexity index is 437. The van der Waals surface area contributed by atoms with E-state index < -0.39 is 12.3 Å². The highest BCUT2D eigenvalue weighted by molar-refractivity contribution is 5.82. The molecule has 25 heavy (non-hydrogen) atoms. The van der Waals surface area contributed by atoms with Crippen LogP contribution < -0.4 is 21.5 Å². The molecule has 144 valence electrons. The summed E-state index contributed by atoms with van der Waals surface area (Å²) < 4.78 is 26.8. The van der Waals surface area contributed by atoms with Gasteiger partial charge in [-0.05, 0) is 76.7 Å². The summed E-state index contributed by atoms with van der Waals surface area (Å²) in [7, 11) is 0. The molecule has 2 heterocycles. The van der Waals surface area contributed by atoms with Crippen LogP contribution in [-0.4, -0.2) is 43.0 Å². The van der Waals surface area contributed by atoms with Crippen molar-refractivity contribution in [1.82, 2.24) is 21.5 Å². The van der Waals surface area contributed by atoms with Crippen molar-refractivity contribution >= 4 is 5.91 Å². The summed E-state index contributed by atoms with van der Waals surface area (Å²) in [6.07, 6.45) is 3.74. The Morgan fingerprint density at radius 2 is 1.80 bits per heavy atom. The van der Waals surface area contributed by atoms with Crippen molar-refractivity contribution in [3.8, 4) is 0 Å². The number of alkyl halides is 2. The van der Waals surface area contributed by atoms with E-state index in [9.17, 15) is 13.6 Å². The van der Waals surface area contributed by atoms with Gasteiger partial charge >= 0.3 is 0 Å². The number of piperidine rings is 1. The lowest BCUT2D eigenvalue weighted by atomic mass is 9.79. The normalized spacial score (nSPS) is 42.8. The van der Waals surface area contributed by atoms with Gasteiger partial charge in [0.15, 0.2) is 0 Å². The monoisotopic (exact) mass is 358 g/mol. The van der Waals surface area contributed by atoms with Crippen molar-refractivity contribution in [2.45, 2.75) is 88.9 Å². The predicted molar refractivity (Wildman–Crippen MR) is 93.2 cm³/mol. The Labute approximate surface area is 149 Å². The Hall–Kier alpha value is -0.790. The van der Waals surface area contributed by atoms with Gasteiger partial charge < -0.3 is 5.32 Å². The lowest BCUT2D eigenvalue weighted by Gasteiger charge is -2.35. The molecule has 0 spiro atoms. The van der Waals surface area contributed by atoms with Crippen LogP contribution in [0.15, 0.2) is 0 Å². The number of halogens is 2. The molecule has 1 saturated carbocycles. The minimum absolute atomic E-state index is 0.0143. The first-order valence-corrected chi connectivity index (χ1v) is 9.84. The molecule has 3 aliphatic rings. The van der Waals surface area contributed by atoms with Gasteiger partial charge in [-0.1, -0.05) is 0 Å². The molecule has 7 unspecified atom stereocenters. The van der Waals surface area contributed by atoms with E-state index in [1.54, 1.807) is 0 Å². The molecule has 1 amide bonds. The van der Waals surface area contributed by atoms with Gasteiger partial charge in [0.25, 0.3) is 0 Å². The quantitative estimate of drug-likeness (QED) is 0.620. The van der Waals surface area contributed by atoms with E-state index in [2.05, 4.69) is 28.4 Å². The summed E-state index contributed by atoms with van der Waals surface area (Å²) in [5.41, 5.74) is 6.19. The standard InChI is InChI=1S/C18H32F2N4O/c1-11-2-6-16(24-23-11)18(25)22-17-7-4-13(10-21-17)8-12-3-5-14(19)15(20)9-12/h11-17,21,23-24H,2-10H2,1H3,(H,22,25). The van der Waals surface area contributed by atoms with Crippen molar-refractivity contribution in [3.05, 3.63) is 0 Å². The molecular formula is C18H32F2N4O. The SMILES string of the molecule is CC1CCC(C(=O)NC2CCC(CC3CCC(F)C(F)C3)CN2)NN1. The van der Waals surface area contributed by atoms with Crippen molar-refractivity contribution < 1.29 is 13.6 Å². The third-order valence-corrected chi connectivity index (χ3v) is 6.01. The van der Waals surface area contributed by atoms with Crippen LogP contribution in [0.5, 0.6) is 0 Å². The van der Waals surface area contributed by atoms with Gasteiger partial charge in [0.1, 0.15) is 18.4 Å². The molecule has 0 radical (unpaired) electrons. The summed E-state index contributed by atoms with van der Waals surface area (Å²) in [5, 5.41) is 6.49. The molecule has 5 nitrogen and oxygen atoms in total. The average Bonchev–Trinajstić information content (AvgIpc) is 2.60. The second-order valence-electron chi connectivity index (χ2n) is 8.18. The number of amides is 1. The fraction of sp³-hybridized carbons (Fsp3) is 0.944. The average molecular weight is 358 g/mol. The van der Waals surface area contributed by atoms with Gasteiger partial charge in [0.2, 0.25) is 5.91 Å². The number of rotatable bonds is 4. The minimum atomic E-state index is -1.28. The first kappa shape index (κ1) is 19.0. The van der Waals surface area contributed by atoms with Crippen LogP contribution in [0.2, 0.25) is 0 Å². The topological polar surface area (TPSA) is 65.2 Å². The van der Waals surface area contributed by atoms with Crippen LogP contribution in [0.4, 0.5) is 8.78 Å². The Balaban J connectivity index is 1.35. The number of carbonyl (C=O) groups is 1. The minimum Gasteiger partial charge on any atom is -0.339 e. The Kier molecular flexibility index (Phi) is 6.63. The molecule has 1 aliphatic carbocycles. The molecule has 4 N–H and O–H groups in total. The highest BCUT2D eigenvalue weighted by atomic mass is 19.2. The molecule has 0 bridgehead atoms. The van der Waals surface area contributed by atoms with E-state index in [1.807, 2.05) is 0 Å². The first-order valence-electron chi connectivity index (χ1n) is 9.84. The predicted octanol–water partition coefficient (Wildman–Crippen LogP) is 1.94. The molecule has 3 rings (SSSR count). The lowest BCUT2D eigenvalue weighted by molar-refractivity contribution is -0.125. The summed E-state index contributed by atoms with van der Waals surface area (Å²) >= 11 is 0. The van der Waals surface area contributed by atoms with Gasteiger partial charge in [-0.15, -0.1) is 0 Å². The second kappa shape index (κ2) is 8.73. The summed E-state index contributed by atoms with van der Waals surface area (Å²) in [6, 6.07) is 0.224. The van der Waals surface area contributed by atoms with Gasteiger partial charge in [0.05, 0.1) is 6.17 Å². The van der Waals surface area contributed by atoms with Crippen molar-refractivity contribution in [1.29, 1.82) is 0 Å². The number of nitrogens with one attached hydrogen (secondary N) is 4. The van der Waals surface area contributed by atoms with Gasteiger partial charge in [-0.25, -0.2) is 14.2 Å². The van der Waals surface area contributed by atoms with Crippen molar-refractivity contribution in [3.63, 3.8) is 0 Å². The van der Waals surface area contributed by atoms with Gasteiger partial charge in [-0.3, -0.25) is 15.5 Å². The van der Waals surface area contributed by atoms with Crippen LogP contribution in [0.25, 0.3) is 0 Å². The maximum atomic E-state index is 13.5. The van der Waals surface area contributed by atoms with E-state index in [0.717, 1.165) is 45.1 Å². The molecule has 0 aromatic rings. The molecule has 2 aliphatic heterocycles. The fourth-order valence-corrected chi connectivity index (χ4v) is 4.36. The van der Waals surface area contributed by atoms with Crippen LogP contribution in [-0.2, 0) is 4.79 Å². The molecule has 7 atom stereocenters. The highest BCUT2D eigenvalue weighted by Crippen LogP contribution is 2.34. The van der Waals surface area contributed by atoms with E-state index >= 15 is 0 Å². The van der Waals surface area contributed by atoms with Crippen LogP contribution in [0.3, 0.4) is 0 Å². The summed E-state index contributed by atoms with van der Waals surface area (Å²) in [4.78, 5) is 12.3. The van der Waals surface area contributed by atoms with E-state index in [0.29, 0.717) is 30.7 Å². The molecular weight excluding hydrogens is 326 g/mol. The summed E-state index contributed by atoms with van der Waals surface area (Å²) in [5.74, 6) is 0.841. The maximum Gasteiger partial charge on any atom is 0.239 e. The van der Waals surface area contributed by atoms with Gasteiger partial charge in [-0.2, -0.15) is 0 Å². The Morgan fingerprint density at radius 1 is 1.00 bits per heavy atom. The van der Waals surface area contributed by atoms with Crippen molar-refractivity contribution in [2.75, 3.05) is 6.54 Å². The third kappa shape index (κ3) is 5.34. The first-order chi connectivity index (χ1) is 12.0. The number of hydrazine groups is 1. The molecule has 2 saturated heterocycles. The molecule has 7 heteroatoms.